The number of rotatable bonds is 5. The number of anilines is 3. The molecule has 0 fully saturated rings. The van der Waals surface area contributed by atoms with Crippen molar-refractivity contribution in [3.63, 3.8) is 0 Å². The Bertz CT molecular complexity index is 487. The Morgan fingerprint density at radius 2 is 2.11 bits per heavy atom. The molecule has 1 aliphatic heterocycles. The molecule has 1 heterocycles. The number of nitrogen functional groups attached to an aromatic ring is 1. The first kappa shape index (κ1) is 13.7. The molecular weight excluding hydrogens is 242 g/mol. The second-order valence-electron chi connectivity index (χ2n) is 5.09. The fourth-order valence-corrected chi connectivity index (χ4v) is 2.38. The van der Waals surface area contributed by atoms with E-state index in [1.54, 1.807) is 0 Å². The third kappa shape index (κ3) is 2.51. The van der Waals surface area contributed by atoms with Crippen molar-refractivity contribution in [2.75, 3.05) is 23.0 Å². The fourth-order valence-electron chi connectivity index (χ4n) is 2.38. The van der Waals surface area contributed by atoms with Crippen LogP contribution in [0.15, 0.2) is 12.1 Å². The SMILES string of the molecule is CCC(CC)(CO)Nc1cc2c(cc1N)CC(=O)N2. The van der Waals surface area contributed by atoms with Gasteiger partial charge in [-0.1, -0.05) is 13.8 Å². The first-order valence-corrected chi connectivity index (χ1v) is 6.65. The number of carbonyl (C=O) groups excluding carboxylic acids is 1. The number of hydrogen-bond acceptors (Lipinski definition) is 4. The molecule has 1 aromatic rings. The van der Waals surface area contributed by atoms with Gasteiger partial charge in [0.25, 0.3) is 0 Å². The lowest BCUT2D eigenvalue weighted by molar-refractivity contribution is -0.115. The second-order valence-corrected chi connectivity index (χ2v) is 5.09. The van der Waals surface area contributed by atoms with Crippen LogP contribution in [-0.4, -0.2) is 23.2 Å². The molecule has 0 bridgehead atoms. The first-order chi connectivity index (χ1) is 9.03. The van der Waals surface area contributed by atoms with Crippen LogP contribution in [0.1, 0.15) is 32.3 Å². The van der Waals surface area contributed by atoms with E-state index in [9.17, 15) is 9.90 Å². The summed E-state index contributed by atoms with van der Waals surface area (Å²) in [6.07, 6.45) is 1.97. The lowest BCUT2D eigenvalue weighted by Crippen LogP contribution is -2.41. The number of carbonyl (C=O) groups is 1. The average Bonchev–Trinajstić information content (AvgIpc) is 2.75. The van der Waals surface area contributed by atoms with E-state index in [4.69, 9.17) is 5.73 Å². The predicted octanol–water partition coefficient (Wildman–Crippen LogP) is 1.73. The highest BCUT2D eigenvalue weighted by atomic mass is 16.3. The maximum Gasteiger partial charge on any atom is 0.228 e. The number of aliphatic hydroxyl groups excluding tert-OH is 1. The topological polar surface area (TPSA) is 87.4 Å². The number of amides is 1. The quantitative estimate of drug-likeness (QED) is 0.609. The summed E-state index contributed by atoms with van der Waals surface area (Å²) in [7, 11) is 0. The smallest absolute Gasteiger partial charge is 0.228 e. The van der Waals surface area contributed by atoms with E-state index < -0.39 is 0 Å². The van der Waals surface area contributed by atoms with Gasteiger partial charge >= 0.3 is 0 Å². The minimum Gasteiger partial charge on any atom is -0.397 e. The molecule has 0 radical (unpaired) electrons. The van der Waals surface area contributed by atoms with Gasteiger partial charge in [0.2, 0.25) is 5.91 Å². The molecule has 0 saturated carbocycles. The van der Waals surface area contributed by atoms with Crippen molar-refractivity contribution in [1.82, 2.24) is 0 Å². The van der Waals surface area contributed by atoms with Crippen molar-refractivity contribution < 1.29 is 9.90 Å². The van der Waals surface area contributed by atoms with Crippen molar-refractivity contribution in [3.8, 4) is 0 Å². The lowest BCUT2D eigenvalue weighted by atomic mass is 9.93. The first-order valence-electron chi connectivity index (χ1n) is 6.65. The molecule has 1 aromatic carbocycles. The fraction of sp³-hybridized carbons (Fsp3) is 0.500. The molecule has 0 aromatic heterocycles. The molecule has 0 aliphatic carbocycles. The summed E-state index contributed by atoms with van der Waals surface area (Å²) in [6.45, 7) is 4.10. The van der Waals surface area contributed by atoms with Gasteiger partial charge in [0.05, 0.1) is 29.9 Å². The maximum absolute atomic E-state index is 11.4. The van der Waals surface area contributed by atoms with Crippen LogP contribution < -0.4 is 16.4 Å². The molecule has 5 heteroatoms. The van der Waals surface area contributed by atoms with Crippen molar-refractivity contribution >= 4 is 23.0 Å². The third-order valence-corrected chi connectivity index (χ3v) is 3.96. The summed E-state index contributed by atoms with van der Waals surface area (Å²) in [6, 6.07) is 3.67. The van der Waals surface area contributed by atoms with Crippen LogP contribution in [0.3, 0.4) is 0 Å². The highest BCUT2D eigenvalue weighted by Gasteiger charge is 2.27. The zero-order valence-electron chi connectivity index (χ0n) is 11.4. The Hall–Kier alpha value is -1.75. The lowest BCUT2D eigenvalue weighted by Gasteiger charge is -2.32. The van der Waals surface area contributed by atoms with E-state index in [-0.39, 0.29) is 18.1 Å². The predicted molar refractivity (Wildman–Crippen MR) is 77.2 cm³/mol. The van der Waals surface area contributed by atoms with Crippen LogP contribution in [0.4, 0.5) is 17.1 Å². The molecule has 0 saturated heterocycles. The van der Waals surface area contributed by atoms with Gasteiger partial charge in [-0.3, -0.25) is 4.79 Å². The highest BCUT2D eigenvalue weighted by molar-refractivity contribution is 6.00. The van der Waals surface area contributed by atoms with Gasteiger partial charge in [0, 0.05) is 5.69 Å². The van der Waals surface area contributed by atoms with Gasteiger partial charge in [0.1, 0.15) is 0 Å². The molecule has 5 nitrogen and oxygen atoms in total. The largest absolute Gasteiger partial charge is 0.397 e. The van der Waals surface area contributed by atoms with E-state index >= 15 is 0 Å². The monoisotopic (exact) mass is 263 g/mol. The van der Waals surface area contributed by atoms with Crippen molar-refractivity contribution in [1.29, 1.82) is 0 Å². The van der Waals surface area contributed by atoms with Crippen LogP contribution in [0, 0.1) is 0 Å². The van der Waals surface area contributed by atoms with E-state index in [0.717, 1.165) is 29.8 Å². The summed E-state index contributed by atoms with van der Waals surface area (Å²) >= 11 is 0. The Balaban J connectivity index is 2.31. The summed E-state index contributed by atoms with van der Waals surface area (Å²) in [5.74, 6) is -0.00838. The Morgan fingerprint density at radius 1 is 1.42 bits per heavy atom. The second kappa shape index (κ2) is 5.09. The zero-order valence-corrected chi connectivity index (χ0v) is 11.4. The Kier molecular flexibility index (Phi) is 3.66. The standard InChI is InChI=1S/C14H21N3O2/c1-3-14(4-2,8-18)17-12-7-11-9(5-10(12)15)6-13(19)16-11/h5,7,17-18H,3-4,6,8,15H2,1-2H3,(H,16,19). The normalized spacial score (nSPS) is 14.2. The average molecular weight is 263 g/mol. The molecule has 104 valence electrons. The van der Waals surface area contributed by atoms with Crippen LogP contribution >= 0.6 is 0 Å². The van der Waals surface area contributed by atoms with Crippen LogP contribution in [0.2, 0.25) is 0 Å². The van der Waals surface area contributed by atoms with Crippen molar-refractivity contribution in [3.05, 3.63) is 17.7 Å². The minimum atomic E-state index is -0.370. The molecule has 1 amide bonds. The van der Waals surface area contributed by atoms with Gasteiger partial charge in [-0.25, -0.2) is 0 Å². The summed E-state index contributed by atoms with van der Waals surface area (Å²) < 4.78 is 0. The number of nitrogens with two attached hydrogens (primary N) is 1. The van der Waals surface area contributed by atoms with E-state index in [1.165, 1.54) is 0 Å². The van der Waals surface area contributed by atoms with Crippen molar-refractivity contribution in [2.45, 2.75) is 38.6 Å². The summed E-state index contributed by atoms with van der Waals surface area (Å²) in [5, 5.41) is 15.7. The Labute approximate surface area is 113 Å². The van der Waals surface area contributed by atoms with Crippen molar-refractivity contribution in [2.24, 2.45) is 0 Å². The van der Waals surface area contributed by atoms with E-state index in [1.807, 2.05) is 26.0 Å². The molecule has 19 heavy (non-hydrogen) atoms. The molecule has 0 spiro atoms. The van der Waals surface area contributed by atoms with Gasteiger partial charge < -0.3 is 21.5 Å². The van der Waals surface area contributed by atoms with Gasteiger partial charge in [-0.2, -0.15) is 0 Å². The zero-order chi connectivity index (χ0) is 14.0. The molecule has 0 atom stereocenters. The number of nitrogens with one attached hydrogen (secondary N) is 2. The third-order valence-electron chi connectivity index (χ3n) is 3.96. The molecule has 1 aliphatic rings. The maximum atomic E-state index is 11.4. The van der Waals surface area contributed by atoms with E-state index in [2.05, 4.69) is 10.6 Å². The Morgan fingerprint density at radius 3 is 2.68 bits per heavy atom. The molecule has 2 rings (SSSR count). The van der Waals surface area contributed by atoms with Gasteiger partial charge in [0.15, 0.2) is 0 Å². The molecule has 0 unspecified atom stereocenters. The molecular formula is C14H21N3O2. The van der Waals surface area contributed by atoms with Gasteiger partial charge in [-0.05, 0) is 30.5 Å². The number of fused-ring (bicyclic) bond motifs is 1. The number of benzene rings is 1. The number of aliphatic hydroxyl groups is 1. The summed E-state index contributed by atoms with van der Waals surface area (Å²) in [4.78, 5) is 11.4. The van der Waals surface area contributed by atoms with Crippen LogP contribution in [0.5, 0.6) is 0 Å². The summed E-state index contributed by atoms with van der Waals surface area (Å²) in [5.41, 5.74) is 8.76. The minimum absolute atomic E-state index is 0.00838. The van der Waals surface area contributed by atoms with Crippen LogP contribution in [0.25, 0.3) is 0 Å². The molecule has 5 N–H and O–H groups in total. The number of hydrogen-bond donors (Lipinski definition) is 4. The van der Waals surface area contributed by atoms with E-state index in [0.29, 0.717) is 12.1 Å². The van der Waals surface area contributed by atoms with Gasteiger partial charge in [-0.15, -0.1) is 0 Å². The highest BCUT2D eigenvalue weighted by Crippen LogP contribution is 2.34. The van der Waals surface area contributed by atoms with Crippen LogP contribution in [-0.2, 0) is 11.2 Å².